The van der Waals surface area contributed by atoms with Gasteiger partial charge in [-0.3, -0.25) is 14.4 Å². The van der Waals surface area contributed by atoms with Crippen LogP contribution < -0.4 is 11.1 Å². The van der Waals surface area contributed by atoms with Crippen LogP contribution >= 0.6 is 0 Å². The summed E-state index contributed by atoms with van der Waals surface area (Å²) in [6.07, 6.45) is -0.246. The number of hydrogen-bond acceptors (Lipinski definition) is 6. The first-order valence-electron chi connectivity index (χ1n) is 8.55. The molecule has 26 heavy (non-hydrogen) atoms. The highest BCUT2D eigenvalue weighted by atomic mass is 19.3. The summed E-state index contributed by atoms with van der Waals surface area (Å²) in [6, 6.07) is -0.922. The van der Waals surface area contributed by atoms with Crippen LogP contribution in [0, 0.1) is 0 Å². The smallest absolute Gasteiger partial charge is 0.286 e. The Morgan fingerprint density at radius 2 is 1.92 bits per heavy atom. The predicted molar refractivity (Wildman–Crippen MR) is 85.4 cm³/mol. The first-order chi connectivity index (χ1) is 12.2. The summed E-state index contributed by atoms with van der Waals surface area (Å²) in [5.41, 5.74) is 4.84. The lowest BCUT2D eigenvalue weighted by Gasteiger charge is -2.17. The summed E-state index contributed by atoms with van der Waals surface area (Å²) in [6.45, 7) is 1.67. The van der Waals surface area contributed by atoms with Gasteiger partial charge in [-0.25, -0.2) is 8.78 Å². The largest absolute Gasteiger partial charge is 0.418 e. The molecule has 1 saturated carbocycles. The highest BCUT2D eigenvalue weighted by Gasteiger charge is 2.33. The van der Waals surface area contributed by atoms with Crippen LogP contribution in [0.5, 0.6) is 0 Å². The number of carbonyl (C=O) groups is 3. The molecule has 10 heteroatoms. The Bertz CT molecular complexity index is 673. The number of halogens is 2. The standard InChI is InChI=1S/C16H22F2N4O4/c1-2-10(13(25)15-22-21-14(26-15)9-3-4-9)20-12(24)6-8-16(17,18)7-5-11(19)23/h9-10H,2-8H2,1H3,(H2,19,23)(H,20,24)/t10-/m0/s1. The van der Waals surface area contributed by atoms with E-state index in [2.05, 4.69) is 15.5 Å². The minimum atomic E-state index is -3.18. The van der Waals surface area contributed by atoms with Crippen molar-refractivity contribution in [1.29, 1.82) is 0 Å². The molecule has 0 aliphatic heterocycles. The highest BCUT2D eigenvalue weighted by molar-refractivity contribution is 5.98. The number of primary amides is 1. The van der Waals surface area contributed by atoms with E-state index in [4.69, 9.17) is 10.2 Å². The van der Waals surface area contributed by atoms with E-state index >= 15 is 0 Å². The van der Waals surface area contributed by atoms with Crippen LogP contribution in [0.25, 0.3) is 0 Å². The topological polar surface area (TPSA) is 128 Å². The fourth-order valence-electron chi connectivity index (χ4n) is 2.33. The van der Waals surface area contributed by atoms with Gasteiger partial charge >= 0.3 is 0 Å². The molecule has 8 nitrogen and oxygen atoms in total. The summed E-state index contributed by atoms with van der Waals surface area (Å²) in [5.74, 6) is -4.82. The second-order valence-electron chi connectivity index (χ2n) is 6.43. The van der Waals surface area contributed by atoms with Crippen molar-refractivity contribution < 1.29 is 27.6 Å². The number of amides is 2. The molecule has 0 spiro atoms. The summed E-state index contributed by atoms with van der Waals surface area (Å²) in [5, 5.41) is 9.92. The number of ketones is 1. The van der Waals surface area contributed by atoms with Crippen molar-refractivity contribution in [1.82, 2.24) is 15.5 Å². The molecule has 0 radical (unpaired) electrons. The summed E-state index contributed by atoms with van der Waals surface area (Å²) < 4.78 is 32.5. The van der Waals surface area contributed by atoms with Crippen molar-refractivity contribution in [3.63, 3.8) is 0 Å². The number of Topliss-reactive ketones (excluding diaryl/α,β-unsaturated/α-hetero) is 1. The molecule has 0 aromatic carbocycles. The molecule has 1 fully saturated rings. The molecular formula is C16H22F2N4O4. The van der Waals surface area contributed by atoms with Gasteiger partial charge in [0.05, 0.1) is 6.04 Å². The van der Waals surface area contributed by atoms with Crippen LogP contribution in [0.3, 0.4) is 0 Å². The molecule has 0 bridgehead atoms. The number of alkyl halides is 2. The minimum absolute atomic E-state index is 0.189. The van der Waals surface area contributed by atoms with Gasteiger partial charge in [-0.05, 0) is 19.3 Å². The Kier molecular flexibility index (Phi) is 6.38. The van der Waals surface area contributed by atoms with E-state index in [9.17, 15) is 23.2 Å². The van der Waals surface area contributed by atoms with Gasteiger partial charge in [0.1, 0.15) is 0 Å². The van der Waals surface area contributed by atoms with Crippen molar-refractivity contribution in [3.05, 3.63) is 11.8 Å². The predicted octanol–water partition coefficient (Wildman–Crippen LogP) is 1.71. The molecular weight excluding hydrogens is 350 g/mol. The SMILES string of the molecule is CC[C@H](NC(=O)CCC(F)(F)CCC(N)=O)C(=O)c1nnc(C2CC2)o1. The molecule has 0 unspecified atom stereocenters. The third-order valence-corrected chi connectivity index (χ3v) is 4.09. The summed E-state index contributed by atoms with van der Waals surface area (Å²) in [4.78, 5) is 34.8. The molecule has 2 amide bonds. The van der Waals surface area contributed by atoms with Gasteiger partial charge in [0.15, 0.2) is 0 Å². The van der Waals surface area contributed by atoms with E-state index in [0.717, 1.165) is 12.8 Å². The molecule has 1 aliphatic carbocycles. The quantitative estimate of drug-likeness (QED) is 0.569. The van der Waals surface area contributed by atoms with Gasteiger partial charge in [-0.2, -0.15) is 0 Å². The molecule has 1 aromatic rings. The van der Waals surface area contributed by atoms with E-state index in [1.807, 2.05) is 0 Å². The Hall–Kier alpha value is -2.39. The first-order valence-corrected chi connectivity index (χ1v) is 8.55. The zero-order valence-corrected chi connectivity index (χ0v) is 14.5. The molecule has 0 saturated heterocycles. The number of aromatic nitrogens is 2. The normalized spacial score (nSPS) is 15.5. The van der Waals surface area contributed by atoms with Crippen molar-refractivity contribution >= 4 is 17.6 Å². The molecule has 1 heterocycles. The van der Waals surface area contributed by atoms with Crippen LogP contribution in [0.4, 0.5) is 8.78 Å². The zero-order valence-electron chi connectivity index (χ0n) is 14.5. The maximum atomic E-state index is 13.6. The monoisotopic (exact) mass is 372 g/mol. The number of nitrogens with one attached hydrogen (secondary N) is 1. The van der Waals surface area contributed by atoms with E-state index in [0.29, 0.717) is 5.89 Å². The zero-order chi connectivity index (χ0) is 19.3. The fraction of sp³-hybridized carbons (Fsp3) is 0.688. The second-order valence-corrected chi connectivity index (χ2v) is 6.43. The van der Waals surface area contributed by atoms with Crippen LogP contribution in [0.1, 0.15) is 74.4 Å². The van der Waals surface area contributed by atoms with Gasteiger partial charge in [0.25, 0.3) is 5.89 Å². The van der Waals surface area contributed by atoms with E-state index in [1.54, 1.807) is 6.92 Å². The number of rotatable bonds is 11. The van der Waals surface area contributed by atoms with Gasteiger partial charge < -0.3 is 15.5 Å². The maximum Gasteiger partial charge on any atom is 0.286 e. The Morgan fingerprint density at radius 3 is 2.50 bits per heavy atom. The molecule has 3 N–H and O–H groups in total. The molecule has 1 atom stereocenters. The Morgan fingerprint density at radius 1 is 1.27 bits per heavy atom. The van der Waals surface area contributed by atoms with Gasteiger partial charge in [-0.1, -0.05) is 6.92 Å². The van der Waals surface area contributed by atoms with Crippen LogP contribution in [0.2, 0.25) is 0 Å². The lowest BCUT2D eigenvalue weighted by molar-refractivity contribution is -0.124. The van der Waals surface area contributed by atoms with Crippen LogP contribution in [-0.2, 0) is 9.59 Å². The number of carbonyl (C=O) groups excluding carboxylic acids is 3. The van der Waals surface area contributed by atoms with Crippen LogP contribution in [-0.4, -0.2) is 39.8 Å². The number of hydrogen-bond donors (Lipinski definition) is 2. The van der Waals surface area contributed by atoms with Crippen molar-refractivity contribution in [2.24, 2.45) is 5.73 Å². The molecule has 1 aliphatic rings. The number of nitrogens with two attached hydrogens (primary N) is 1. The van der Waals surface area contributed by atoms with Gasteiger partial charge in [0, 0.05) is 31.6 Å². The Balaban J connectivity index is 1.84. The Labute approximate surface area is 148 Å². The summed E-state index contributed by atoms with van der Waals surface area (Å²) in [7, 11) is 0. The van der Waals surface area contributed by atoms with Crippen molar-refractivity contribution in [2.45, 2.75) is 69.8 Å². The highest BCUT2D eigenvalue weighted by Crippen LogP contribution is 2.39. The molecule has 144 valence electrons. The van der Waals surface area contributed by atoms with Crippen molar-refractivity contribution in [2.75, 3.05) is 0 Å². The third-order valence-electron chi connectivity index (χ3n) is 4.09. The lowest BCUT2D eigenvalue weighted by atomic mass is 10.1. The molecule has 2 rings (SSSR count). The first kappa shape index (κ1) is 19.9. The third kappa shape index (κ3) is 5.85. The minimum Gasteiger partial charge on any atom is -0.418 e. The van der Waals surface area contributed by atoms with Crippen molar-refractivity contribution in [3.8, 4) is 0 Å². The average Bonchev–Trinajstić information content (AvgIpc) is 3.33. The van der Waals surface area contributed by atoms with Gasteiger partial charge in [-0.15, -0.1) is 10.2 Å². The van der Waals surface area contributed by atoms with E-state index in [1.165, 1.54) is 0 Å². The fourth-order valence-corrected chi connectivity index (χ4v) is 2.33. The van der Waals surface area contributed by atoms with E-state index in [-0.39, 0.29) is 18.2 Å². The number of nitrogens with zero attached hydrogens (tertiary/aromatic N) is 2. The summed E-state index contributed by atoms with van der Waals surface area (Å²) >= 11 is 0. The molecule has 1 aromatic heterocycles. The van der Waals surface area contributed by atoms with E-state index < -0.39 is 55.2 Å². The van der Waals surface area contributed by atoms with Gasteiger partial charge in [0.2, 0.25) is 29.4 Å². The lowest BCUT2D eigenvalue weighted by Crippen LogP contribution is -2.41. The second kappa shape index (κ2) is 8.33. The maximum absolute atomic E-state index is 13.6. The average molecular weight is 372 g/mol. The van der Waals surface area contributed by atoms with Crippen LogP contribution in [0.15, 0.2) is 4.42 Å².